The smallest absolute Gasteiger partial charge is 0.253 e. The molecule has 12 aromatic rings. The number of fused-ring (bicyclic) bond motifs is 4. The summed E-state index contributed by atoms with van der Waals surface area (Å²) in [5.74, 6) is 2.75. The third kappa shape index (κ3) is 25.2. The van der Waals surface area contributed by atoms with Gasteiger partial charge in [0.1, 0.15) is 11.6 Å². The molecule has 10 heterocycles. The van der Waals surface area contributed by atoms with E-state index in [0.717, 1.165) is 202 Å². The van der Waals surface area contributed by atoms with Crippen LogP contribution < -0.4 is 14.2 Å². The summed E-state index contributed by atoms with van der Waals surface area (Å²) in [6.07, 6.45) is 8.97. The third-order valence-electron chi connectivity index (χ3n) is 30.9. The Balaban J connectivity index is 0.000000143. The number of carbonyl (C=O) groups excluding carboxylic acids is 3. The van der Waals surface area contributed by atoms with E-state index < -0.39 is 0 Å². The molecule has 0 bridgehead atoms. The molecule has 0 atom stereocenters. The second kappa shape index (κ2) is 46.8. The van der Waals surface area contributed by atoms with Crippen molar-refractivity contribution >= 4 is 50.4 Å². The van der Waals surface area contributed by atoms with Crippen LogP contribution in [0.5, 0.6) is 17.2 Å². The molecule has 7 aliphatic heterocycles. The zero-order chi connectivity index (χ0) is 95.7. The largest absolute Gasteiger partial charge is 0.497 e. The summed E-state index contributed by atoms with van der Waals surface area (Å²) < 4.78 is 36.9. The predicted octanol–water partition coefficient (Wildman–Crippen LogP) is 16.3. The van der Waals surface area contributed by atoms with Gasteiger partial charge in [-0.25, -0.2) is 4.39 Å². The number of amides is 3. The number of likely N-dealkylation sites (N-methyl/N-ethyl adjacent to an activating group) is 3. The molecule has 21 nitrogen and oxygen atoms in total. The Morgan fingerprint density at radius 3 is 0.891 bits per heavy atom. The first-order chi connectivity index (χ1) is 67.1. The SMILES string of the molecule is COc1ccc(CCN2CCN(C(=O)c3ccc(Cc4ccc5c(c4)c(C)c(C)n5CCCN4CCN(C)CC4)cc3)CC2)cc1.Cc1c(C)n(CCCN2CCN(C)CC2)c2ccc(Cc3ccc(C(=O)N4CCN(CCc5ccc(F)cc5)CC4)cc3)cc12.Cc1c(C)n(CCCN2CCN(C)CC2)c2ccc(Cc3ccc(C(=O)N4CCN(CCc5ccc6c(c5)OCO6)CC4)cc3)cc12. The molecular weight excluding hydrogens is 1720 g/mol. The molecule has 19 rings (SSSR count). The van der Waals surface area contributed by atoms with Crippen LogP contribution in [0.3, 0.4) is 0 Å². The molecule has 0 unspecified atom stereocenters. The summed E-state index contributed by atoms with van der Waals surface area (Å²) in [5, 5.41) is 4.08. The number of rotatable bonds is 31. The lowest BCUT2D eigenvalue weighted by Gasteiger charge is -2.34. The van der Waals surface area contributed by atoms with E-state index in [1.54, 1.807) is 7.11 Å². The Labute approximate surface area is 819 Å². The molecule has 7 aliphatic rings. The van der Waals surface area contributed by atoms with E-state index in [1.165, 1.54) is 234 Å². The highest BCUT2D eigenvalue weighted by Crippen LogP contribution is 2.35. The summed E-state index contributed by atoms with van der Waals surface area (Å²) in [4.78, 5) is 68.2. The lowest BCUT2D eigenvalue weighted by molar-refractivity contribution is 0.0632. The Kier molecular flexibility index (Phi) is 33.5. The van der Waals surface area contributed by atoms with Gasteiger partial charge in [-0.1, -0.05) is 84.9 Å². The van der Waals surface area contributed by atoms with Gasteiger partial charge in [0.2, 0.25) is 6.79 Å². The van der Waals surface area contributed by atoms with Crippen molar-refractivity contribution in [1.29, 1.82) is 0 Å². The monoisotopic (exact) mass is 1870 g/mol. The van der Waals surface area contributed by atoms with Crippen LogP contribution in [0.25, 0.3) is 32.7 Å². The average molecular weight is 1870 g/mol. The van der Waals surface area contributed by atoms with Crippen molar-refractivity contribution in [2.24, 2.45) is 0 Å². The van der Waals surface area contributed by atoms with Crippen LogP contribution in [0.1, 0.15) is 134 Å². The number of benzene rings is 9. The van der Waals surface area contributed by atoms with Crippen LogP contribution >= 0.6 is 0 Å². The van der Waals surface area contributed by atoms with E-state index in [1.807, 2.05) is 81.4 Å². The van der Waals surface area contributed by atoms with Crippen LogP contribution in [-0.4, -0.2) is 322 Å². The van der Waals surface area contributed by atoms with Crippen LogP contribution in [0, 0.1) is 47.4 Å². The van der Waals surface area contributed by atoms with Crippen molar-refractivity contribution in [2.45, 2.75) is 119 Å². The average Bonchev–Trinajstić information content (AvgIpc) is 1.63. The van der Waals surface area contributed by atoms with Gasteiger partial charge in [0.15, 0.2) is 11.5 Å². The number of aromatic nitrogens is 3. The van der Waals surface area contributed by atoms with E-state index in [4.69, 9.17) is 14.2 Å². The van der Waals surface area contributed by atoms with Gasteiger partial charge in [0.25, 0.3) is 17.7 Å². The minimum Gasteiger partial charge on any atom is -0.497 e. The molecule has 9 aromatic carbocycles. The number of piperazine rings is 6. The first-order valence-electron chi connectivity index (χ1n) is 51.2. The predicted molar refractivity (Wildman–Crippen MR) is 558 cm³/mol. The van der Waals surface area contributed by atoms with E-state index in [9.17, 15) is 18.8 Å². The molecule has 6 fully saturated rings. The Bertz CT molecular complexity index is 6040. The van der Waals surface area contributed by atoms with Crippen LogP contribution in [0.15, 0.2) is 194 Å². The highest BCUT2D eigenvalue weighted by Gasteiger charge is 2.29. The minimum absolute atomic E-state index is 0.112. The van der Waals surface area contributed by atoms with Gasteiger partial charge < -0.3 is 72.0 Å². The molecule has 22 heteroatoms. The van der Waals surface area contributed by atoms with E-state index in [2.05, 4.69) is 236 Å². The van der Waals surface area contributed by atoms with E-state index in [-0.39, 0.29) is 23.5 Å². The maximum absolute atomic E-state index is 13.3. The highest BCUT2D eigenvalue weighted by molar-refractivity contribution is 5.96. The van der Waals surface area contributed by atoms with Crippen LogP contribution in [0.2, 0.25) is 0 Å². The number of nitrogens with zero attached hydrogens (tertiary/aromatic N) is 15. The van der Waals surface area contributed by atoms with Crippen molar-refractivity contribution in [3.8, 4) is 17.2 Å². The first-order valence-corrected chi connectivity index (χ1v) is 51.2. The number of carbonyl (C=O) groups is 3. The molecular formula is C116H148FN15O6. The Hall–Kier alpha value is -11.0. The van der Waals surface area contributed by atoms with Gasteiger partial charge in [0.05, 0.1) is 7.11 Å². The van der Waals surface area contributed by atoms with Crippen molar-refractivity contribution in [3.63, 3.8) is 0 Å². The van der Waals surface area contributed by atoms with Crippen molar-refractivity contribution in [1.82, 2.24) is 72.5 Å². The quantitative estimate of drug-likeness (QED) is 0.0408. The fraction of sp³-hybridized carbons (Fsp3) is 0.457. The number of hydrogen-bond donors (Lipinski definition) is 0. The summed E-state index contributed by atoms with van der Waals surface area (Å²) >= 11 is 0. The molecule has 0 aliphatic carbocycles. The van der Waals surface area contributed by atoms with Gasteiger partial charge in [-0.05, 0) is 316 Å². The maximum Gasteiger partial charge on any atom is 0.253 e. The summed E-state index contributed by atoms with van der Waals surface area (Å²) in [6.45, 7) is 47.5. The summed E-state index contributed by atoms with van der Waals surface area (Å²) in [6, 6.07) is 66.9. The Morgan fingerprint density at radius 2 is 0.565 bits per heavy atom. The molecule has 0 N–H and O–H groups in total. The molecule has 6 saturated heterocycles. The van der Waals surface area contributed by atoms with Crippen LogP contribution in [0.4, 0.5) is 4.39 Å². The molecule has 3 amide bonds. The topological polar surface area (TPSA) is 133 Å². The molecule has 3 aromatic heterocycles. The minimum atomic E-state index is -0.195. The molecule has 0 saturated carbocycles. The molecule has 0 spiro atoms. The number of aryl methyl sites for hydroxylation is 6. The van der Waals surface area contributed by atoms with Crippen LogP contribution in [-0.2, 0) is 58.2 Å². The second-order valence-electron chi connectivity index (χ2n) is 40.1. The fourth-order valence-electron chi connectivity index (χ4n) is 21.3. The van der Waals surface area contributed by atoms with Gasteiger partial charge in [-0.3, -0.25) is 29.1 Å². The second-order valence-corrected chi connectivity index (χ2v) is 40.1. The van der Waals surface area contributed by atoms with Gasteiger partial charge in [-0.2, -0.15) is 0 Å². The highest BCUT2D eigenvalue weighted by atomic mass is 19.1. The summed E-state index contributed by atoms with van der Waals surface area (Å²) in [5.41, 5.74) is 26.0. The van der Waals surface area contributed by atoms with Gasteiger partial charge >= 0.3 is 0 Å². The maximum atomic E-state index is 13.3. The number of halogens is 1. The molecule has 730 valence electrons. The number of hydrogen-bond acceptors (Lipinski definition) is 15. The number of methoxy groups -OCH3 is 1. The normalized spacial score (nSPS) is 17.1. The van der Waals surface area contributed by atoms with Crippen molar-refractivity contribution in [2.75, 3.05) is 231 Å². The van der Waals surface area contributed by atoms with Gasteiger partial charge in [0, 0.05) is 263 Å². The van der Waals surface area contributed by atoms with Gasteiger partial charge in [-0.15, -0.1) is 0 Å². The fourth-order valence-corrected chi connectivity index (χ4v) is 21.3. The Morgan fingerprint density at radius 1 is 0.290 bits per heavy atom. The summed E-state index contributed by atoms with van der Waals surface area (Å²) in [7, 11) is 8.35. The van der Waals surface area contributed by atoms with E-state index >= 15 is 0 Å². The zero-order valence-corrected chi connectivity index (χ0v) is 83.9. The standard InChI is InChI=1S/C39H49N5O3.C39H51N5O2.C38H48FN5O/c1-29-30(2)44(15-4-14-41-19-17-40(3)18-20-41)36-11-7-33(26-35(29)36)25-31-5-9-34(10-6-31)39(45)43-23-21-42(22-24-43)16-13-32-8-12-37-38(27-32)47-28-46-37;1-30-31(2)44(18-5-17-41-22-20-40(3)21-23-41)38-15-10-34(29-37(30)38)28-33-6-11-35(12-7-33)39(45)43-26-24-42(25-27-43)19-16-32-8-13-36(46-4)14-9-32;1-29-30(2)44(17-4-16-41-21-19-40(3)20-22-41)37-14-9-33(28-36(29)37)27-32-5-10-34(11-6-32)38(45)43-25-23-42(24-26-43)18-15-31-7-12-35(39)13-8-31/h5-12,26-27H,4,13-25,28H2,1-3H3;6-15,29H,5,16-28H2,1-4H3;5-14,28H,4,15-27H2,1-3H3. The third-order valence-corrected chi connectivity index (χ3v) is 30.9. The lowest BCUT2D eigenvalue weighted by Crippen LogP contribution is -2.49. The molecule has 138 heavy (non-hydrogen) atoms. The molecule has 0 radical (unpaired) electrons. The van der Waals surface area contributed by atoms with E-state index in [0.29, 0.717) is 6.79 Å². The lowest BCUT2D eigenvalue weighted by atomic mass is 10.0. The number of ether oxygens (including phenoxy) is 3. The zero-order valence-electron chi connectivity index (χ0n) is 83.9. The first kappa shape index (κ1) is 98.6. The van der Waals surface area contributed by atoms with Crippen molar-refractivity contribution in [3.05, 3.63) is 300 Å². The van der Waals surface area contributed by atoms with Crippen molar-refractivity contribution < 1.29 is 33.0 Å².